The van der Waals surface area contributed by atoms with E-state index >= 15 is 0 Å². The van der Waals surface area contributed by atoms with Crippen molar-refractivity contribution in [3.8, 4) is 0 Å². The van der Waals surface area contributed by atoms with Crippen LogP contribution >= 0.6 is 11.6 Å². The van der Waals surface area contributed by atoms with Gasteiger partial charge in [0.1, 0.15) is 23.9 Å². The molecule has 0 bridgehead atoms. The molecule has 0 aliphatic heterocycles. The number of hydrogen-bond donors (Lipinski definition) is 1. The summed E-state index contributed by atoms with van der Waals surface area (Å²) in [5.41, 5.74) is 7.01. The van der Waals surface area contributed by atoms with Gasteiger partial charge < -0.3 is 10.3 Å². The van der Waals surface area contributed by atoms with E-state index in [4.69, 9.17) is 17.3 Å². The predicted octanol–water partition coefficient (Wildman–Crippen LogP) is 3.38. The van der Waals surface area contributed by atoms with E-state index in [1.807, 2.05) is 0 Å². The standard InChI is InChI=1S/C12H8ClF3N4/c13-11-10-9(18-5-19-11)7-3-6(17)1-2-8(7)20(10)4-12(14,15)16/h1-3,5H,4,17H2. The van der Waals surface area contributed by atoms with Crippen LogP contribution in [0.4, 0.5) is 18.9 Å². The SMILES string of the molecule is Nc1ccc2c(c1)c1ncnc(Cl)c1n2CC(F)(F)F. The number of aromatic nitrogens is 3. The lowest BCUT2D eigenvalue weighted by molar-refractivity contribution is -0.139. The third kappa shape index (κ3) is 2.03. The first kappa shape index (κ1) is 13.0. The van der Waals surface area contributed by atoms with E-state index in [1.165, 1.54) is 18.5 Å². The second-order valence-electron chi connectivity index (χ2n) is 4.34. The molecule has 0 radical (unpaired) electrons. The van der Waals surface area contributed by atoms with Crippen molar-refractivity contribution in [2.75, 3.05) is 5.73 Å². The Bertz CT molecular complexity index is 810. The van der Waals surface area contributed by atoms with Gasteiger partial charge in [0, 0.05) is 11.1 Å². The Kier molecular flexibility index (Phi) is 2.75. The normalized spacial score (nSPS) is 12.4. The number of halogens is 4. The van der Waals surface area contributed by atoms with Crippen LogP contribution in [0.1, 0.15) is 0 Å². The van der Waals surface area contributed by atoms with Crippen molar-refractivity contribution >= 4 is 39.2 Å². The largest absolute Gasteiger partial charge is 0.406 e. The fraction of sp³-hybridized carbons (Fsp3) is 0.167. The molecule has 104 valence electrons. The van der Waals surface area contributed by atoms with Crippen molar-refractivity contribution in [1.82, 2.24) is 14.5 Å². The molecular weight excluding hydrogens is 293 g/mol. The van der Waals surface area contributed by atoms with Gasteiger partial charge >= 0.3 is 6.18 Å². The lowest BCUT2D eigenvalue weighted by atomic mass is 10.2. The highest BCUT2D eigenvalue weighted by Gasteiger charge is 2.30. The summed E-state index contributed by atoms with van der Waals surface area (Å²) < 4.78 is 39.3. The summed E-state index contributed by atoms with van der Waals surface area (Å²) >= 11 is 5.93. The van der Waals surface area contributed by atoms with Crippen LogP contribution in [0.25, 0.3) is 21.9 Å². The number of fused-ring (bicyclic) bond motifs is 3. The average Bonchev–Trinajstić information content (AvgIpc) is 2.63. The fourth-order valence-electron chi connectivity index (χ4n) is 2.24. The summed E-state index contributed by atoms with van der Waals surface area (Å²) in [5.74, 6) is 0. The van der Waals surface area contributed by atoms with Crippen LogP contribution in [0.5, 0.6) is 0 Å². The summed E-state index contributed by atoms with van der Waals surface area (Å²) in [4.78, 5) is 7.77. The van der Waals surface area contributed by atoms with Crippen LogP contribution in [0.3, 0.4) is 0 Å². The van der Waals surface area contributed by atoms with E-state index in [0.29, 0.717) is 22.1 Å². The van der Waals surface area contributed by atoms with Crippen molar-refractivity contribution in [1.29, 1.82) is 0 Å². The van der Waals surface area contributed by atoms with Gasteiger partial charge in [0.05, 0.1) is 5.52 Å². The molecule has 0 amide bonds. The number of nitrogens with zero attached hydrogens (tertiary/aromatic N) is 3. The minimum absolute atomic E-state index is 0.0194. The first-order chi connectivity index (χ1) is 9.37. The van der Waals surface area contributed by atoms with E-state index in [9.17, 15) is 13.2 Å². The molecule has 20 heavy (non-hydrogen) atoms. The lowest BCUT2D eigenvalue weighted by Gasteiger charge is -2.10. The van der Waals surface area contributed by atoms with Gasteiger partial charge in [-0.1, -0.05) is 11.6 Å². The highest BCUT2D eigenvalue weighted by Crippen LogP contribution is 2.34. The van der Waals surface area contributed by atoms with E-state index in [-0.39, 0.29) is 10.7 Å². The molecule has 2 aromatic heterocycles. The highest BCUT2D eigenvalue weighted by atomic mass is 35.5. The van der Waals surface area contributed by atoms with Gasteiger partial charge in [-0.15, -0.1) is 0 Å². The summed E-state index contributed by atoms with van der Waals surface area (Å²) in [6.07, 6.45) is -3.16. The zero-order valence-corrected chi connectivity index (χ0v) is 10.7. The van der Waals surface area contributed by atoms with Crippen molar-refractivity contribution in [2.24, 2.45) is 0 Å². The molecule has 0 saturated carbocycles. The Morgan fingerprint density at radius 3 is 2.70 bits per heavy atom. The van der Waals surface area contributed by atoms with Gasteiger partial charge in [0.15, 0.2) is 5.15 Å². The Labute approximate surface area is 116 Å². The third-order valence-electron chi connectivity index (χ3n) is 2.95. The first-order valence-electron chi connectivity index (χ1n) is 5.61. The number of benzene rings is 1. The second kappa shape index (κ2) is 4.24. The van der Waals surface area contributed by atoms with E-state index in [2.05, 4.69) is 9.97 Å². The zero-order valence-electron chi connectivity index (χ0n) is 9.95. The van der Waals surface area contributed by atoms with Crippen LogP contribution in [0.15, 0.2) is 24.5 Å². The first-order valence-corrected chi connectivity index (χ1v) is 5.99. The van der Waals surface area contributed by atoms with Crippen LogP contribution in [0, 0.1) is 0 Å². The van der Waals surface area contributed by atoms with Gasteiger partial charge in [-0.2, -0.15) is 13.2 Å². The summed E-state index contributed by atoms with van der Waals surface area (Å²) in [6, 6.07) is 4.64. The van der Waals surface area contributed by atoms with Crippen molar-refractivity contribution < 1.29 is 13.2 Å². The molecule has 0 spiro atoms. The van der Waals surface area contributed by atoms with Gasteiger partial charge in [-0.05, 0) is 18.2 Å². The van der Waals surface area contributed by atoms with E-state index in [0.717, 1.165) is 4.57 Å². The monoisotopic (exact) mass is 300 g/mol. The minimum atomic E-state index is -4.38. The molecule has 2 heterocycles. The summed E-state index contributed by atoms with van der Waals surface area (Å²) in [5, 5.41) is 0.502. The number of hydrogen-bond acceptors (Lipinski definition) is 3. The third-order valence-corrected chi connectivity index (χ3v) is 3.23. The summed E-state index contributed by atoms with van der Waals surface area (Å²) in [7, 11) is 0. The maximum Gasteiger partial charge on any atom is 0.406 e. The van der Waals surface area contributed by atoms with Crippen LogP contribution < -0.4 is 5.73 Å². The molecule has 0 aliphatic carbocycles. The van der Waals surface area contributed by atoms with Crippen LogP contribution in [0.2, 0.25) is 5.15 Å². The Balaban J connectivity index is 2.45. The fourth-order valence-corrected chi connectivity index (χ4v) is 2.47. The Morgan fingerprint density at radius 1 is 1.25 bits per heavy atom. The maximum absolute atomic E-state index is 12.8. The number of nitrogens with two attached hydrogens (primary N) is 1. The Morgan fingerprint density at radius 2 is 2.00 bits per heavy atom. The quantitative estimate of drug-likeness (QED) is 0.553. The topological polar surface area (TPSA) is 56.7 Å². The van der Waals surface area contributed by atoms with Crippen molar-refractivity contribution in [3.05, 3.63) is 29.7 Å². The molecule has 0 atom stereocenters. The Hall–Kier alpha value is -2.02. The zero-order chi connectivity index (χ0) is 14.5. The van der Waals surface area contributed by atoms with E-state index in [1.54, 1.807) is 6.07 Å². The number of anilines is 1. The molecule has 3 aromatic rings. The summed E-state index contributed by atoms with van der Waals surface area (Å²) in [6.45, 7) is -1.16. The number of alkyl halides is 3. The molecule has 3 rings (SSSR count). The smallest absolute Gasteiger partial charge is 0.399 e. The van der Waals surface area contributed by atoms with Crippen LogP contribution in [-0.2, 0) is 6.54 Å². The van der Waals surface area contributed by atoms with E-state index < -0.39 is 12.7 Å². The van der Waals surface area contributed by atoms with Gasteiger partial charge in [0.25, 0.3) is 0 Å². The molecule has 0 aliphatic rings. The average molecular weight is 301 g/mol. The predicted molar refractivity (Wildman–Crippen MR) is 70.5 cm³/mol. The molecule has 0 unspecified atom stereocenters. The number of rotatable bonds is 1. The highest BCUT2D eigenvalue weighted by molar-refractivity contribution is 6.34. The van der Waals surface area contributed by atoms with Gasteiger partial charge in [-0.25, -0.2) is 9.97 Å². The molecule has 4 nitrogen and oxygen atoms in total. The van der Waals surface area contributed by atoms with Crippen LogP contribution in [-0.4, -0.2) is 20.7 Å². The molecular formula is C12H8ClF3N4. The lowest BCUT2D eigenvalue weighted by Crippen LogP contribution is -2.17. The van der Waals surface area contributed by atoms with Crippen molar-refractivity contribution in [2.45, 2.75) is 12.7 Å². The molecule has 2 N–H and O–H groups in total. The molecule has 0 saturated heterocycles. The minimum Gasteiger partial charge on any atom is -0.399 e. The van der Waals surface area contributed by atoms with Crippen molar-refractivity contribution in [3.63, 3.8) is 0 Å². The molecule has 8 heteroatoms. The number of nitrogen functional groups attached to an aromatic ring is 1. The van der Waals surface area contributed by atoms with Gasteiger partial charge in [0.2, 0.25) is 0 Å². The maximum atomic E-state index is 12.8. The second-order valence-corrected chi connectivity index (χ2v) is 4.70. The molecule has 1 aromatic carbocycles. The van der Waals surface area contributed by atoms with Gasteiger partial charge in [-0.3, -0.25) is 0 Å². The molecule has 0 fully saturated rings.